The maximum Gasteiger partial charge on any atom is 0.251 e. The number of aromatic nitrogens is 1. The number of rotatable bonds is 7. The van der Waals surface area contributed by atoms with Gasteiger partial charge < -0.3 is 16.0 Å². The summed E-state index contributed by atoms with van der Waals surface area (Å²) in [6.45, 7) is 1.37. The largest absolute Gasteiger partial charge is 0.356 e. The normalized spacial score (nSPS) is 11.1. The third-order valence-corrected chi connectivity index (χ3v) is 4.69. The lowest BCUT2D eigenvalue weighted by atomic mass is 10.1. The van der Waals surface area contributed by atoms with E-state index in [1.165, 1.54) is 0 Å². The van der Waals surface area contributed by atoms with Gasteiger partial charge in [-0.15, -0.1) is 0 Å². The molecule has 0 atom stereocenters. The molecule has 3 rings (SSSR count). The molecule has 1 heterocycles. The van der Waals surface area contributed by atoms with Crippen molar-refractivity contribution in [3.63, 3.8) is 0 Å². The number of guanidine groups is 1. The summed E-state index contributed by atoms with van der Waals surface area (Å²) in [5, 5.41) is 9.32. The van der Waals surface area contributed by atoms with Crippen molar-refractivity contribution in [3.8, 4) is 11.3 Å². The van der Waals surface area contributed by atoms with Crippen LogP contribution in [0.15, 0.2) is 77.9 Å². The highest BCUT2D eigenvalue weighted by Gasteiger charge is 2.05. The zero-order chi connectivity index (χ0) is 21.2. The number of hydrogen-bond acceptors (Lipinski definition) is 3. The molecular weight excluding hydrogens is 374 g/mol. The summed E-state index contributed by atoms with van der Waals surface area (Å²) < 4.78 is 0. The standard InChI is InChI=1S/C24H27N5O/c1-25-23(30)21-10-5-7-18(15-21)12-14-28-24(26-2)29-17-19-8-6-9-20(16-19)22-11-3-4-13-27-22/h3-11,13,15-16H,12,14,17H2,1-2H3,(H,25,30)(H2,26,28,29). The second-order valence-electron chi connectivity index (χ2n) is 6.80. The third-order valence-electron chi connectivity index (χ3n) is 4.69. The number of hydrogen-bond donors (Lipinski definition) is 3. The summed E-state index contributed by atoms with van der Waals surface area (Å²) in [4.78, 5) is 20.5. The topological polar surface area (TPSA) is 78.4 Å². The van der Waals surface area contributed by atoms with Gasteiger partial charge in [0.25, 0.3) is 5.91 Å². The number of nitrogens with one attached hydrogen (secondary N) is 3. The van der Waals surface area contributed by atoms with Crippen molar-refractivity contribution in [1.82, 2.24) is 20.9 Å². The van der Waals surface area contributed by atoms with E-state index in [-0.39, 0.29) is 5.91 Å². The number of carbonyl (C=O) groups excluding carboxylic acids is 1. The molecule has 2 aromatic carbocycles. The Morgan fingerprint density at radius 2 is 1.80 bits per heavy atom. The Kier molecular flexibility index (Phi) is 7.55. The summed E-state index contributed by atoms with van der Waals surface area (Å²) in [5.74, 6) is 0.663. The van der Waals surface area contributed by atoms with Gasteiger partial charge in [-0.25, -0.2) is 0 Å². The highest BCUT2D eigenvalue weighted by atomic mass is 16.1. The Bertz CT molecular complexity index is 1000. The fraction of sp³-hybridized carbons (Fsp3) is 0.208. The second kappa shape index (κ2) is 10.8. The molecule has 6 nitrogen and oxygen atoms in total. The van der Waals surface area contributed by atoms with E-state index in [0.29, 0.717) is 18.7 Å². The van der Waals surface area contributed by atoms with Crippen molar-refractivity contribution in [2.45, 2.75) is 13.0 Å². The van der Waals surface area contributed by atoms with Gasteiger partial charge in [0.15, 0.2) is 5.96 Å². The molecule has 0 saturated heterocycles. The average Bonchev–Trinajstić information content (AvgIpc) is 2.81. The maximum atomic E-state index is 11.8. The lowest BCUT2D eigenvalue weighted by Crippen LogP contribution is -2.37. The molecule has 1 amide bonds. The minimum absolute atomic E-state index is 0.0739. The molecular formula is C24H27N5O. The molecule has 3 N–H and O–H groups in total. The van der Waals surface area contributed by atoms with Crippen molar-refractivity contribution < 1.29 is 4.79 Å². The van der Waals surface area contributed by atoms with Gasteiger partial charge in [-0.1, -0.05) is 36.4 Å². The van der Waals surface area contributed by atoms with E-state index in [9.17, 15) is 4.79 Å². The van der Waals surface area contributed by atoms with Gasteiger partial charge in [-0.3, -0.25) is 14.8 Å². The predicted molar refractivity (Wildman–Crippen MR) is 121 cm³/mol. The molecule has 154 valence electrons. The van der Waals surface area contributed by atoms with E-state index in [0.717, 1.165) is 34.8 Å². The molecule has 3 aromatic rings. The van der Waals surface area contributed by atoms with Crippen LogP contribution in [0.2, 0.25) is 0 Å². The predicted octanol–water partition coefficient (Wildman–Crippen LogP) is 3.02. The summed E-state index contributed by atoms with van der Waals surface area (Å²) in [6.07, 6.45) is 2.59. The summed E-state index contributed by atoms with van der Waals surface area (Å²) in [7, 11) is 3.39. The smallest absolute Gasteiger partial charge is 0.251 e. The number of nitrogens with zero attached hydrogens (tertiary/aromatic N) is 2. The van der Waals surface area contributed by atoms with Crippen LogP contribution in [0.3, 0.4) is 0 Å². The number of benzene rings is 2. The van der Waals surface area contributed by atoms with Crippen LogP contribution in [0.4, 0.5) is 0 Å². The van der Waals surface area contributed by atoms with Gasteiger partial charge in [0.2, 0.25) is 0 Å². The van der Waals surface area contributed by atoms with Gasteiger partial charge in [0.05, 0.1) is 5.69 Å². The molecule has 0 saturated carbocycles. The van der Waals surface area contributed by atoms with E-state index in [4.69, 9.17) is 0 Å². The fourth-order valence-electron chi connectivity index (χ4n) is 3.12. The average molecular weight is 402 g/mol. The van der Waals surface area contributed by atoms with Gasteiger partial charge in [-0.05, 0) is 47.9 Å². The monoisotopic (exact) mass is 401 g/mol. The Labute approximate surface area is 177 Å². The highest BCUT2D eigenvalue weighted by molar-refractivity contribution is 5.94. The van der Waals surface area contributed by atoms with Crippen molar-refractivity contribution in [1.29, 1.82) is 0 Å². The molecule has 0 unspecified atom stereocenters. The van der Waals surface area contributed by atoms with E-state index in [2.05, 4.69) is 44.1 Å². The zero-order valence-corrected chi connectivity index (χ0v) is 17.4. The lowest BCUT2D eigenvalue weighted by Gasteiger charge is -2.13. The first kappa shape index (κ1) is 21.0. The van der Waals surface area contributed by atoms with Crippen LogP contribution in [0.25, 0.3) is 11.3 Å². The number of carbonyl (C=O) groups is 1. The first-order valence-corrected chi connectivity index (χ1v) is 9.95. The molecule has 0 aliphatic heterocycles. The Balaban J connectivity index is 1.52. The molecule has 1 aromatic heterocycles. The van der Waals surface area contributed by atoms with Crippen LogP contribution in [0, 0.1) is 0 Å². The minimum Gasteiger partial charge on any atom is -0.356 e. The molecule has 0 aliphatic carbocycles. The second-order valence-corrected chi connectivity index (χ2v) is 6.80. The van der Waals surface area contributed by atoms with Gasteiger partial charge in [-0.2, -0.15) is 0 Å². The molecule has 0 spiro atoms. The van der Waals surface area contributed by atoms with Crippen LogP contribution in [-0.2, 0) is 13.0 Å². The Morgan fingerprint density at radius 1 is 0.967 bits per heavy atom. The van der Waals surface area contributed by atoms with Crippen LogP contribution in [0.1, 0.15) is 21.5 Å². The van der Waals surface area contributed by atoms with Crippen LogP contribution >= 0.6 is 0 Å². The third kappa shape index (κ3) is 5.91. The first-order valence-electron chi connectivity index (χ1n) is 9.95. The molecule has 0 radical (unpaired) electrons. The SMILES string of the molecule is CN=C(NCCc1cccc(C(=O)NC)c1)NCc1cccc(-c2ccccn2)c1. The van der Waals surface area contributed by atoms with Gasteiger partial charge in [0, 0.05) is 44.5 Å². The molecule has 6 heteroatoms. The Hall–Kier alpha value is -3.67. The van der Waals surface area contributed by atoms with Gasteiger partial charge >= 0.3 is 0 Å². The Morgan fingerprint density at radius 3 is 2.57 bits per heavy atom. The number of pyridine rings is 1. The minimum atomic E-state index is -0.0739. The van der Waals surface area contributed by atoms with Crippen LogP contribution < -0.4 is 16.0 Å². The van der Waals surface area contributed by atoms with E-state index in [1.54, 1.807) is 20.3 Å². The summed E-state index contributed by atoms with van der Waals surface area (Å²) in [5.41, 5.74) is 4.97. The molecule has 0 fully saturated rings. The van der Waals surface area contributed by atoms with E-state index >= 15 is 0 Å². The summed E-state index contributed by atoms with van der Waals surface area (Å²) in [6, 6.07) is 21.9. The number of aliphatic imine (C=N–C) groups is 1. The van der Waals surface area contributed by atoms with Gasteiger partial charge in [0.1, 0.15) is 0 Å². The van der Waals surface area contributed by atoms with Crippen LogP contribution in [-0.4, -0.2) is 37.5 Å². The maximum absolute atomic E-state index is 11.8. The van der Waals surface area contributed by atoms with E-state index in [1.807, 2.05) is 48.5 Å². The fourth-order valence-corrected chi connectivity index (χ4v) is 3.12. The van der Waals surface area contributed by atoms with E-state index < -0.39 is 0 Å². The van der Waals surface area contributed by atoms with Crippen molar-refractivity contribution >= 4 is 11.9 Å². The number of amides is 1. The molecule has 0 aliphatic rings. The summed E-state index contributed by atoms with van der Waals surface area (Å²) >= 11 is 0. The highest BCUT2D eigenvalue weighted by Crippen LogP contribution is 2.17. The first-order chi connectivity index (χ1) is 14.7. The lowest BCUT2D eigenvalue weighted by molar-refractivity contribution is 0.0963. The van der Waals surface area contributed by atoms with Crippen molar-refractivity contribution in [2.24, 2.45) is 4.99 Å². The molecule has 0 bridgehead atoms. The van der Waals surface area contributed by atoms with Crippen molar-refractivity contribution in [2.75, 3.05) is 20.6 Å². The molecule has 30 heavy (non-hydrogen) atoms. The van der Waals surface area contributed by atoms with Crippen molar-refractivity contribution in [3.05, 3.63) is 89.6 Å². The zero-order valence-electron chi connectivity index (χ0n) is 17.4. The van der Waals surface area contributed by atoms with Crippen LogP contribution in [0.5, 0.6) is 0 Å². The quantitative estimate of drug-likeness (QED) is 0.420.